The average Bonchev–Trinajstić information content (AvgIpc) is 2.13. The molecule has 1 amide bonds. The number of carbonyl (C=O) groups excluding carboxylic acids is 1. The summed E-state index contributed by atoms with van der Waals surface area (Å²) in [5.41, 5.74) is 0.735. The van der Waals surface area contributed by atoms with Gasteiger partial charge in [0.25, 0.3) is 0 Å². The molecule has 0 aromatic heterocycles. The molecule has 0 bridgehead atoms. The number of anilines is 1. The number of rotatable bonds is 2. The number of carbonyl (C=O) groups is 1. The maximum absolute atomic E-state index is 13.0. The highest BCUT2D eigenvalue weighted by Gasteiger charge is 2.07. The van der Waals surface area contributed by atoms with Crippen molar-refractivity contribution in [3.63, 3.8) is 0 Å². The fourth-order valence-corrected chi connectivity index (χ4v) is 1.04. The molecule has 0 aliphatic carbocycles. The number of hydrogen-bond donors (Lipinski definition) is 1. The summed E-state index contributed by atoms with van der Waals surface area (Å²) < 4.78 is 17.4. The number of ether oxygens (including phenoxy) is 1. The van der Waals surface area contributed by atoms with Crippen LogP contribution in [0.5, 0.6) is 0 Å². The lowest BCUT2D eigenvalue weighted by Crippen LogP contribution is -2.13. The minimum absolute atomic E-state index is 0.236. The number of hydrogen-bond acceptors (Lipinski definition) is 2. The first kappa shape index (κ1) is 10.8. The highest BCUT2D eigenvalue weighted by atomic mass is 35.5. The molecule has 5 heteroatoms. The number of nitrogens with one attached hydrogen (secondary N) is 1. The van der Waals surface area contributed by atoms with Crippen LogP contribution in [-0.2, 0) is 4.74 Å². The van der Waals surface area contributed by atoms with E-state index in [1.807, 2.05) is 0 Å². The second-order valence-electron chi connectivity index (χ2n) is 2.58. The topological polar surface area (TPSA) is 38.3 Å². The molecule has 0 saturated heterocycles. The van der Waals surface area contributed by atoms with E-state index < -0.39 is 6.09 Å². The Bertz CT molecular complexity index is 344. The maximum atomic E-state index is 13.0. The van der Waals surface area contributed by atoms with Crippen molar-refractivity contribution in [2.45, 2.75) is 6.92 Å². The zero-order valence-electron chi connectivity index (χ0n) is 7.51. The smallest absolute Gasteiger partial charge is 0.412 e. The first-order valence-electron chi connectivity index (χ1n) is 3.90. The van der Waals surface area contributed by atoms with Gasteiger partial charge in [0.1, 0.15) is 5.82 Å². The fraction of sp³-hybridized carbons (Fsp3) is 0.222. The minimum atomic E-state index is -0.700. The van der Waals surface area contributed by atoms with E-state index in [2.05, 4.69) is 10.1 Å². The normalized spacial score (nSPS) is 9.64. The van der Waals surface area contributed by atoms with Gasteiger partial charge in [-0.3, -0.25) is 5.32 Å². The van der Waals surface area contributed by atoms with Crippen LogP contribution in [0.15, 0.2) is 18.2 Å². The van der Waals surface area contributed by atoms with Crippen LogP contribution < -0.4 is 5.32 Å². The summed E-state index contributed by atoms with van der Waals surface area (Å²) >= 11 is 5.18. The summed E-state index contributed by atoms with van der Waals surface area (Å²) in [4.78, 5) is 10.9. The van der Waals surface area contributed by atoms with Gasteiger partial charge in [-0.05, 0) is 19.1 Å². The third kappa shape index (κ3) is 2.60. The number of amides is 1. The lowest BCUT2D eigenvalue weighted by molar-refractivity contribution is 0.180. The molecule has 0 atom stereocenters. The monoisotopic (exact) mass is 217 g/mol. The predicted molar refractivity (Wildman–Crippen MR) is 52.0 cm³/mol. The molecule has 1 rings (SSSR count). The second-order valence-corrected chi connectivity index (χ2v) is 2.80. The van der Waals surface area contributed by atoms with E-state index in [4.69, 9.17) is 11.6 Å². The van der Waals surface area contributed by atoms with Crippen molar-refractivity contribution in [2.75, 3.05) is 11.4 Å². The van der Waals surface area contributed by atoms with Gasteiger partial charge in [0, 0.05) is 11.3 Å². The van der Waals surface area contributed by atoms with Crippen LogP contribution in [0.4, 0.5) is 14.9 Å². The Labute approximate surface area is 85.8 Å². The Hall–Kier alpha value is -1.29. The summed E-state index contributed by atoms with van der Waals surface area (Å²) in [7, 11) is 0. The van der Waals surface area contributed by atoms with Crippen molar-refractivity contribution < 1.29 is 13.9 Å². The molecule has 3 nitrogen and oxygen atoms in total. The van der Waals surface area contributed by atoms with Crippen LogP contribution >= 0.6 is 11.6 Å². The van der Waals surface area contributed by atoms with Gasteiger partial charge in [0.15, 0.2) is 6.07 Å². The van der Waals surface area contributed by atoms with E-state index in [1.54, 1.807) is 13.0 Å². The highest BCUT2D eigenvalue weighted by Crippen LogP contribution is 2.17. The first-order valence-corrected chi connectivity index (χ1v) is 4.43. The molecule has 0 saturated carbocycles. The van der Waals surface area contributed by atoms with Gasteiger partial charge in [-0.2, -0.15) is 0 Å². The van der Waals surface area contributed by atoms with Crippen LogP contribution in [0.2, 0.25) is 0 Å². The molecule has 1 N–H and O–H groups in total. The number of halogens is 2. The third-order valence-electron chi connectivity index (χ3n) is 1.69. The molecule has 0 spiro atoms. The zero-order valence-corrected chi connectivity index (χ0v) is 8.27. The molecule has 76 valence electrons. The SMILES string of the molecule is Cc1c(F)cccc1NC(=O)OCCl. The van der Waals surface area contributed by atoms with Crippen molar-refractivity contribution in [1.29, 1.82) is 0 Å². The largest absolute Gasteiger partial charge is 0.433 e. The molecule has 0 aliphatic heterocycles. The van der Waals surface area contributed by atoms with E-state index in [9.17, 15) is 9.18 Å². The summed E-state index contributed by atoms with van der Waals surface area (Å²) in [6.07, 6.45) is -0.700. The quantitative estimate of drug-likeness (QED) is 0.774. The molecule has 0 fully saturated rings. The Morgan fingerprint density at radius 2 is 2.36 bits per heavy atom. The van der Waals surface area contributed by atoms with Crippen LogP contribution in [0.1, 0.15) is 5.56 Å². The van der Waals surface area contributed by atoms with Crippen molar-refractivity contribution >= 4 is 23.4 Å². The molecule has 0 unspecified atom stereocenters. The molecule has 1 aromatic rings. The van der Waals surface area contributed by atoms with E-state index in [0.29, 0.717) is 11.3 Å². The maximum Gasteiger partial charge on any atom is 0.412 e. The number of alkyl halides is 1. The average molecular weight is 218 g/mol. The first-order chi connectivity index (χ1) is 6.65. The Morgan fingerprint density at radius 3 is 3.00 bits per heavy atom. The van der Waals surface area contributed by atoms with Gasteiger partial charge in [-0.15, -0.1) is 0 Å². The van der Waals surface area contributed by atoms with Crippen molar-refractivity contribution in [3.05, 3.63) is 29.6 Å². The molecule has 0 radical (unpaired) electrons. The van der Waals surface area contributed by atoms with Crippen molar-refractivity contribution in [3.8, 4) is 0 Å². The van der Waals surface area contributed by atoms with Crippen molar-refractivity contribution in [1.82, 2.24) is 0 Å². The third-order valence-corrected chi connectivity index (χ3v) is 1.80. The van der Waals surface area contributed by atoms with Gasteiger partial charge in [0.05, 0.1) is 0 Å². The van der Waals surface area contributed by atoms with Crippen molar-refractivity contribution in [2.24, 2.45) is 0 Å². The molecule has 0 aliphatic rings. The molecular weight excluding hydrogens is 209 g/mol. The summed E-state index contributed by atoms with van der Waals surface area (Å²) in [5.74, 6) is -0.381. The zero-order chi connectivity index (χ0) is 10.6. The summed E-state index contributed by atoms with van der Waals surface area (Å²) in [5, 5.41) is 2.37. The van der Waals surface area contributed by atoms with E-state index in [-0.39, 0.29) is 11.9 Å². The molecular formula is C9H9ClFNO2. The van der Waals surface area contributed by atoms with Gasteiger partial charge in [0.2, 0.25) is 0 Å². The van der Waals surface area contributed by atoms with E-state index >= 15 is 0 Å². The number of benzene rings is 1. The standard InChI is InChI=1S/C9H9ClFNO2/c1-6-7(11)3-2-4-8(6)12-9(13)14-5-10/h2-4H,5H2,1H3,(H,12,13). The molecule has 1 aromatic carbocycles. The lowest BCUT2D eigenvalue weighted by Gasteiger charge is -2.07. The lowest BCUT2D eigenvalue weighted by atomic mass is 10.2. The molecule has 0 heterocycles. The predicted octanol–water partition coefficient (Wildman–Crippen LogP) is 2.88. The fourth-order valence-electron chi connectivity index (χ4n) is 0.938. The van der Waals surface area contributed by atoms with E-state index in [0.717, 1.165) is 0 Å². The Kier molecular flexibility index (Phi) is 3.71. The van der Waals surface area contributed by atoms with Gasteiger partial charge >= 0.3 is 6.09 Å². The highest BCUT2D eigenvalue weighted by molar-refractivity contribution is 6.17. The minimum Gasteiger partial charge on any atom is -0.433 e. The van der Waals surface area contributed by atoms with Crippen LogP contribution in [0, 0.1) is 12.7 Å². The van der Waals surface area contributed by atoms with Crippen LogP contribution in [-0.4, -0.2) is 12.2 Å². The van der Waals surface area contributed by atoms with Crippen LogP contribution in [0.3, 0.4) is 0 Å². The van der Waals surface area contributed by atoms with Gasteiger partial charge in [-0.1, -0.05) is 17.7 Å². The Balaban J connectivity index is 2.76. The Morgan fingerprint density at radius 1 is 1.64 bits per heavy atom. The molecule has 14 heavy (non-hydrogen) atoms. The van der Waals surface area contributed by atoms with Gasteiger partial charge in [-0.25, -0.2) is 9.18 Å². The van der Waals surface area contributed by atoms with Gasteiger partial charge < -0.3 is 4.74 Å². The summed E-state index contributed by atoms with van der Waals surface area (Å²) in [6, 6.07) is 4.15. The van der Waals surface area contributed by atoms with E-state index in [1.165, 1.54) is 12.1 Å². The van der Waals surface area contributed by atoms with Crippen LogP contribution in [0.25, 0.3) is 0 Å². The second kappa shape index (κ2) is 4.81. The summed E-state index contributed by atoms with van der Waals surface area (Å²) in [6.45, 7) is 1.56.